The second-order valence-corrected chi connectivity index (χ2v) is 8.77. The Morgan fingerprint density at radius 3 is 2.69 bits per heavy atom. The minimum absolute atomic E-state index is 0.0164. The lowest BCUT2D eigenvalue weighted by molar-refractivity contribution is 0.0952. The van der Waals surface area contributed by atoms with Crippen LogP contribution in [0, 0.1) is 5.92 Å². The van der Waals surface area contributed by atoms with Crippen LogP contribution in [0.3, 0.4) is 0 Å². The van der Waals surface area contributed by atoms with Crippen LogP contribution in [0.15, 0.2) is 30.3 Å². The molecule has 0 bridgehead atoms. The monoisotopic (exact) mass is 394 g/mol. The average Bonchev–Trinajstić information content (AvgIpc) is 3.41. The maximum absolute atomic E-state index is 12.8. The van der Waals surface area contributed by atoms with Gasteiger partial charge in [0.2, 0.25) is 0 Å². The third kappa shape index (κ3) is 4.54. The molecule has 3 aliphatic rings. The fourth-order valence-corrected chi connectivity index (χ4v) is 4.49. The van der Waals surface area contributed by atoms with Gasteiger partial charge in [-0.1, -0.05) is 18.2 Å². The number of likely N-dealkylation sites (tertiary alicyclic amines) is 1. The van der Waals surface area contributed by atoms with Crippen molar-refractivity contribution in [1.82, 2.24) is 15.2 Å². The van der Waals surface area contributed by atoms with Crippen LogP contribution in [-0.2, 0) is 4.74 Å². The molecule has 2 aliphatic heterocycles. The van der Waals surface area contributed by atoms with E-state index >= 15 is 0 Å². The van der Waals surface area contributed by atoms with E-state index in [1.807, 2.05) is 30.3 Å². The molecule has 1 unspecified atom stereocenters. The van der Waals surface area contributed by atoms with Crippen molar-refractivity contribution in [2.45, 2.75) is 44.2 Å². The highest BCUT2D eigenvalue weighted by molar-refractivity contribution is 6.07. The summed E-state index contributed by atoms with van der Waals surface area (Å²) in [6, 6.07) is 10.6. The number of fused-ring (bicyclic) bond motifs is 1. The summed E-state index contributed by atoms with van der Waals surface area (Å²) in [5.74, 6) is 1.53. The molecule has 29 heavy (non-hydrogen) atoms. The lowest BCUT2D eigenvalue weighted by Gasteiger charge is -2.33. The van der Waals surface area contributed by atoms with E-state index in [2.05, 4.69) is 15.5 Å². The first-order valence-corrected chi connectivity index (χ1v) is 11.0. The van der Waals surface area contributed by atoms with Crippen LogP contribution in [0.2, 0.25) is 0 Å². The Morgan fingerprint density at radius 1 is 1.10 bits per heavy atom. The van der Waals surface area contributed by atoms with Gasteiger partial charge in [-0.3, -0.25) is 4.79 Å². The molecule has 3 heterocycles. The molecule has 0 spiro atoms. The molecule has 2 saturated heterocycles. The van der Waals surface area contributed by atoms with Crippen LogP contribution < -0.4 is 10.6 Å². The van der Waals surface area contributed by atoms with Crippen molar-refractivity contribution < 1.29 is 9.53 Å². The summed E-state index contributed by atoms with van der Waals surface area (Å²) in [4.78, 5) is 20.1. The normalized spacial score (nSPS) is 23.4. The van der Waals surface area contributed by atoms with Gasteiger partial charge in [0.25, 0.3) is 5.91 Å². The third-order valence-electron chi connectivity index (χ3n) is 6.35. The Labute approximate surface area is 172 Å². The van der Waals surface area contributed by atoms with Crippen molar-refractivity contribution >= 4 is 22.6 Å². The van der Waals surface area contributed by atoms with Crippen LogP contribution in [0.25, 0.3) is 10.9 Å². The summed E-state index contributed by atoms with van der Waals surface area (Å²) in [5.41, 5.74) is 1.60. The van der Waals surface area contributed by atoms with Crippen molar-refractivity contribution in [3.05, 3.63) is 35.9 Å². The third-order valence-corrected chi connectivity index (χ3v) is 6.35. The molecule has 3 fully saturated rings. The van der Waals surface area contributed by atoms with Gasteiger partial charge >= 0.3 is 0 Å². The first-order valence-electron chi connectivity index (χ1n) is 11.0. The summed E-state index contributed by atoms with van der Waals surface area (Å²) in [6.45, 7) is 5.22. The van der Waals surface area contributed by atoms with Crippen molar-refractivity contribution in [3.8, 4) is 0 Å². The van der Waals surface area contributed by atoms with Crippen LogP contribution in [0.5, 0.6) is 0 Å². The number of para-hydroxylation sites is 1. The SMILES string of the molecule is O=C(NC1CC1)c1cc(NC2CCN(CC3CCOC3)CC2)nc2ccccc12. The second-order valence-electron chi connectivity index (χ2n) is 8.77. The molecular formula is C23H30N4O2. The Balaban J connectivity index is 1.26. The number of hydrogen-bond donors (Lipinski definition) is 2. The molecule has 1 saturated carbocycles. The number of amides is 1. The van der Waals surface area contributed by atoms with Gasteiger partial charge in [0, 0.05) is 43.7 Å². The van der Waals surface area contributed by atoms with Gasteiger partial charge in [0.05, 0.1) is 17.7 Å². The highest BCUT2D eigenvalue weighted by Crippen LogP contribution is 2.25. The van der Waals surface area contributed by atoms with Crippen molar-refractivity contribution in [1.29, 1.82) is 0 Å². The minimum Gasteiger partial charge on any atom is -0.381 e. The zero-order valence-corrected chi connectivity index (χ0v) is 16.9. The maximum atomic E-state index is 12.8. The molecule has 154 valence electrons. The summed E-state index contributed by atoms with van der Waals surface area (Å²) in [6.07, 6.45) is 5.58. The standard InChI is InChI=1S/C23H30N4O2/c28-23(25-17-5-6-17)20-13-22(26-21-4-2-1-3-19(20)21)24-18-7-10-27(11-8-18)14-16-9-12-29-15-16/h1-4,13,16-18H,5-12,14-15H2,(H,24,26)(H,25,28). The van der Waals surface area contributed by atoms with Gasteiger partial charge in [0.15, 0.2) is 0 Å². The Kier molecular flexibility index (Phi) is 5.38. The molecule has 1 aliphatic carbocycles. The lowest BCUT2D eigenvalue weighted by Crippen LogP contribution is -2.41. The number of hydrogen-bond acceptors (Lipinski definition) is 5. The summed E-state index contributed by atoms with van der Waals surface area (Å²) < 4.78 is 5.51. The number of anilines is 1. The van der Waals surface area contributed by atoms with E-state index < -0.39 is 0 Å². The van der Waals surface area contributed by atoms with E-state index in [0.29, 0.717) is 18.0 Å². The molecule has 6 heteroatoms. The molecule has 1 aromatic heterocycles. The number of nitrogens with one attached hydrogen (secondary N) is 2. The van der Waals surface area contributed by atoms with E-state index in [0.717, 1.165) is 80.8 Å². The fraction of sp³-hybridized carbons (Fsp3) is 0.565. The Hall–Kier alpha value is -2.18. The topological polar surface area (TPSA) is 66.5 Å². The minimum atomic E-state index is 0.0164. The molecule has 1 aromatic carbocycles. The van der Waals surface area contributed by atoms with Gasteiger partial charge in [-0.25, -0.2) is 4.98 Å². The zero-order valence-electron chi connectivity index (χ0n) is 16.9. The largest absolute Gasteiger partial charge is 0.381 e. The summed E-state index contributed by atoms with van der Waals surface area (Å²) in [5, 5.41) is 7.65. The number of pyridine rings is 1. The number of benzene rings is 1. The predicted octanol–water partition coefficient (Wildman–Crippen LogP) is 3.04. The highest BCUT2D eigenvalue weighted by Gasteiger charge is 2.26. The molecule has 1 atom stereocenters. The first-order chi connectivity index (χ1) is 14.2. The Morgan fingerprint density at radius 2 is 1.93 bits per heavy atom. The van der Waals surface area contributed by atoms with Gasteiger partial charge < -0.3 is 20.3 Å². The number of nitrogens with zero attached hydrogens (tertiary/aromatic N) is 2. The van der Waals surface area contributed by atoms with Crippen molar-refractivity contribution in [2.75, 3.05) is 38.2 Å². The zero-order chi connectivity index (χ0) is 19.6. The maximum Gasteiger partial charge on any atom is 0.252 e. The number of aromatic nitrogens is 1. The van der Waals surface area contributed by atoms with Crippen molar-refractivity contribution in [2.24, 2.45) is 5.92 Å². The highest BCUT2D eigenvalue weighted by atomic mass is 16.5. The molecule has 2 aromatic rings. The summed E-state index contributed by atoms with van der Waals surface area (Å²) in [7, 11) is 0. The fourth-order valence-electron chi connectivity index (χ4n) is 4.49. The van der Waals surface area contributed by atoms with Crippen LogP contribution >= 0.6 is 0 Å². The number of carbonyl (C=O) groups is 1. The van der Waals surface area contributed by atoms with Gasteiger partial charge in [0.1, 0.15) is 5.82 Å². The quantitative estimate of drug-likeness (QED) is 0.788. The van der Waals surface area contributed by atoms with E-state index in [1.54, 1.807) is 0 Å². The van der Waals surface area contributed by atoms with Gasteiger partial charge in [-0.15, -0.1) is 0 Å². The average molecular weight is 395 g/mol. The van der Waals surface area contributed by atoms with E-state index in [1.165, 1.54) is 6.42 Å². The predicted molar refractivity (Wildman–Crippen MR) is 114 cm³/mol. The number of carbonyl (C=O) groups excluding carboxylic acids is 1. The molecular weight excluding hydrogens is 364 g/mol. The number of ether oxygens (including phenoxy) is 1. The van der Waals surface area contributed by atoms with Crippen LogP contribution in [0.4, 0.5) is 5.82 Å². The van der Waals surface area contributed by atoms with E-state index in [-0.39, 0.29) is 5.91 Å². The molecule has 0 radical (unpaired) electrons. The second kappa shape index (κ2) is 8.28. The van der Waals surface area contributed by atoms with E-state index in [9.17, 15) is 4.79 Å². The molecule has 2 N–H and O–H groups in total. The van der Waals surface area contributed by atoms with Gasteiger partial charge in [-0.2, -0.15) is 0 Å². The van der Waals surface area contributed by atoms with E-state index in [4.69, 9.17) is 9.72 Å². The first kappa shape index (κ1) is 18.8. The van der Waals surface area contributed by atoms with Crippen LogP contribution in [-0.4, -0.2) is 60.7 Å². The lowest BCUT2D eigenvalue weighted by atomic mass is 10.0. The van der Waals surface area contributed by atoms with Crippen molar-refractivity contribution in [3.63, 3.8) is 0 Å². The smallest absolute Gasteiger partial charge is 0.252 e. The number of rotatable bonds is 6. The van der Waals surface area contributed by atoms with Crippen LogP contribution in [0.1, 0.15) is 42.5 Å². The summed E-state index contributed by atoms with van der Waals surface area (Å²) >= 11 is 0. The molecule has 6 nitrogen and oxygen atoms in total. The molecule has 1 amide bonds. The Bertz CT molecular complexity index is 868. The molecule has 5 rings (SSSR count). The van der Waals surface area contributed by atoms with Gasteiger partial charge in [-0.05, 0) is 50.2 Å². The number of piperidine rings is 1.